The molecule has 0 aromatic rings. The number of carboxylic acids is 1. The summed E-state index contributed by atoms with van der Waals surface area (Å²) in [7, 11) is 0. The van der Waals surface area contributed by atoms with Crippen LogP contribution < -0.4 is 0 Å². The molecular formula is C42H76O8. The van der Waals surface area contributed by atoms with Gasteiger partial charge in [-0.15, -0.1) is 0 Å². The summed E-state index contributed by atoms with van der Waals surface area (Å²) in [6.07, 6.45) is 43.6. The van der Waals surface area contributed by atoms with E-state index in [1.165, 1.54) is 64.2 Å². The topological polar surface area (TPSA) is 145 Å². The Morgan fingerprint density at radius 2 is 0.920 bits per heavy atom. The molecule has 0 spiro atoms. The molecule has 5 N–H and O–H groups in total. The molecule has 0 amide bonds. The van der Waals surface area contributed by atoms with Crippen LogP contribution in [0.25, 0.3) is 0 Å². The standard InChI is InChI=1S/2C21H38O4/c1-2-3-4-5-6-7-8-9-10-11-12-13-14-15-16-17-21(24)25-19-20(23)18-22;22-19-20(23)17-15-13-11-9-7-5-3-1-2-4-6-8-10-12-14-16-18-21(24)25/h6-7,9-10,20,22-23H,2-5,8,11-19H2,1H3;2-5,20,22-23H,1,6-19H2,(H,24,25). The number of allylic oxidation sites excluding steroid dienone is 8. The van der Waals surface area contributed by atoms with Crippen molar-refractivity contribution in [3.63, 3.8) is 0 Å². The Morgan fingerprint density at radius 1 is 0.520 bits per heavy atom. The van der Waals surface area contributed by atoms with Gasteiger partial charge in [0.25, 0.3) is 0 Å². The van der Waals surface area contributed by atoms with E-state index >= 15 is 0 Å². The number of hydrogen-bond acceptors (Lipinski definition) is 7. The van der Waals surface area contributed by atoms with E-state index in [4.69, 9.17) is 25.2 Å². The second-order valence-corrected chi connectivity index (χ2v) is 13.2. The highest BCUT2D eigenvalue weighted by molar-refractivity contribution is 5.69. The molecule has 0 bridgehead atoms. The molecule has 292 valence electrons. The number of carbonyl (C=O) groups excluding carboxylic acids is 1. The number of carbonyl (C=O) groups is 2. The number of aliphatic hydroxyl groups excluding tert-OH is 4. The molecule has 0 aliphatic rings. The van der Waals surface area contributed by atoms with Gasteiger partial charge in [0.15, 0.2) is 0 Å². The molecule has 50 heavy (non-hydrogen) atoms. The Morgan fingerprint density at radius 3 is 1.36 bits per heavy atom. The predicted octanol–water partition coefficient (Wildman–Crippen LogP) is 9.69. The molecule has 0 aromatic carbocycles. The zero-order chi connectivity index (χ0) is 37.2. The molecule has 2 atom stereocenters. The molecular weight excluding hydrogens is 632 g/mol. The maximum Gasteiger partial charge on any atom is 0.305 e. The average molecular weight is 709 g/mol. The summed E-state index contributed by atoms with van der Waals surface area (Å²) in [6.45, 7) is 1.61. The lowest BCUT2D eigenvalue weighted by atomic mass is 10.1. The molecule has 0 fully saturated rings. The summed E-state index contributed by atoms with van der Waals surface area (Å²) in [5, 5.41) is 44.1. The number of esters is 1. The minimum Gasteiger partial charge on any atom is -0.481 e. The first-order valence-corrected chi connectivity index (χ1v) is 19.9. The van der Waals surface area contributed by atoms with Crippen LogP contribution in [0.2, 0.25) is 0 Å². The highest BCUT2D eigenvalue weighted by Gasteiger charge is 2.07. The predicted molar refractivity (Wildman–Crippen MR) is 207 cm³/mol. The summed E-state index contributed by atoms with van der Waals surface area (Å²) >= 11 is 0. The van der Waals surface area contributed by atoms with Crippen LogP contribution in [0.3, 0.4) is 0 Å². The lowest BCUT2D eigenvalue weighted by molar-refractivity contribution is -0.147. The largest absolute Gasteiger partial charge is 0.481 e. The number of rotatable bonds is 35. The van der Waals surface area contributed by atoms with Crippen molar-refractivity contribution in [2.24, 2.45) is 0 Å². The fourth-order valence-electron chi connectivity index (χ4n) is 5.06. The third-order valence-corrected chi connectivity index (χ3v) is 8.21. The van der Waals surface area contributed by atoms with Crippen LogP contribution in [0, 0.1) is 0 Å². The number of aliphatic carboxylic acids is 1. The molecule has 8 heteroatoms. The van der Waals surface area contributed by atoms with Crippen molar-refractivity contribution < 1.29 is 39.9 Å². The van der Waals surface area contributed by atoms with Crippen molar-refractivity contribution in [3.8, 4) is 0 Å². The van der Waals surface area contributed by atoms with E-state index < -0.39 is 18.2 Å². The Kier molecular flexibility index (Phi) is 42.8. The van der Waals surface area contributed by atoms with E-state index in [9.17, 15) is 14.7 Å². The Hall–Kier alpha value is -2.26. The highest BCUT2D eigenvalue weighted by Crippen LogP contribution is 2.11. The van der Waals surface area contributed by atoms with Crippen LogP contribution in [0.1, 0.15) is 174 Å². The number of hydrogen-bond donors (Lipinski definition) is 5. The van der Waals surface area contributed by atoms with Crippen LogP contribution >= 0.6 is 0 Å². The first-order chi connectivity index (χ1) is 24.4. The minimum atomic E-state index is -0.964. The van der Waals surface area contributed by atoms with E-state index in [1.807, 2.05) is 0 Å². The van der Waals surface area contributed by atoms with Crippen LogP contribution in [-0.4, -0.2) is 69.5 Å². The summed E-state index contributed by atoms with van der Waals surface area (Å²) in [5.74, 6) is -0.980. The monoisotopic (exact) mass is 709 g/mol. The van der Waals surface area contributed by atoms with Gasteiger partial charge in [-0.25, -0.2) is 0 Å². The maximum atomic E-state index is 11.4. The second-order valence-electron chi connectivity index (χ2n) is 13.2. The van der Waals surface area contributed by atoms with Gasteiger partial charge < -0.3 is 30.3 Å². The van der Waals surface area contributed by atoms with E-state index in [1.54, 1.807) is 0 Å². The molecule has 0 rings (SSSR count). The van der Waals surface area contributed by atoms with Crippen molar-refractivity contribution in [2.45, 2.75) is 186 Å². The van der Waals surface area contributed by atoms with Gasteiger partial charge in [0, 0.05) is 12.8 Å². The van der Waals surface area contributed by atoms with Crippen molar-refractivity contribution in [1.29, 1.82) is 0 Å². The SMILES string of the molecule is CCCCCC=CCC=CCCCCCCCC(=O)OCC(O)CO.O=C(O)CCCCCCCC=CCC=CCCCCCCC(O)CO. The molecule has 0 aliphatic carbocycles. The van der Waals surface area contributed by atoms with Crippen molar-refractivity contribution >= 4 is 11.9 Å². The summed E-state index contributed by atoms with van der Waals surface area (Å²) in [4.78, 5) is 21.7. The normalized spacial score (nSPS) is 13.0. The van der Waals surface area contributed by atoms with Crippen LogP contribution in [0.15, 0.2) is 48.6 Å². The van der Waals surface area contributed by atoms with Crippen molar-refractivity contribution in [1.82, 2.24) is 0 Å². The van der Waals surface area contributed by atoms with Gasteiger partial charge in [-0.1, -0.05) is 126 Å². The maximum absolute atomic E-state index is 11.4. The molecule has 0 aromatic heterocycles. The van der Waals surface area contributed by atoms with E-state index in [0.717, 1.165) is 83.5 Å². The molecule has 0 saturated heterocycles. The Labute approximate surface area is 305 Å². The molecule has 8 nitrogen and oxygen atoms in total. The van der Waals surface area contributed by atoms with Gasteiger partial charge >= 0.3 is 11.9 Å². The minimum absolute atomic E-state index is 0.115. The lowest BCUT2D eigenvalue weighted by Gasteiger charge is -2.08. The van der Waals surface area contributed by atoms with Gasteiger partial charge in [0.1, 0.15) is 12.7 Å². The quantitative estimate of drug-likeness (QED) is 0.0249. The zero-order valence-electron chi connectivity index (χ0n) is 31.7. The summed E-state index contributed by atoms with van der Waals surface area (Å²) < 4.78 is 4.85. The summed E-state index contributed by atoms with van der Waals surface area (Å²) in [5.41, 5.74) is 0. The third-order valence-electron chi connectivity index (χ3n) is 8.21. The van der Waals surface area contributed by atoms with Gasteiger partial charge in [0.2, 0.25) is 0 Å². The van der Waals surface area contributed by atoms with Gasteiger partial charge in [-0.05, 0) is 83.5 Å². The lowest BCUT2D eigenvalue weighted by Crippen LogP contribution is -2.21. The van der Waals surface area contributed by atoms with Gasteiger partial charge in [-0.3, -0.25) is 9.59 Å². The number of carboxylic acid groups (broad SMARTS) is 1. The highest BCUT2D eigenvalue weighted by atomic mass is 16.5. The number of ether oxygens (including phenoxy) is 1. The van der Waals surface area contributed by atoms with E-state index in [0.29, 0.717) is 19.3 Å². The Balaban J connectivity index is 0. The van der Waals surface area contributed by atoms with Crippen LogP contribution in [0.5, 0.6) is 0 Å². The third kappa shape index (κ3) is 45.7. The first kappa shape index (κ1) is 49.9. The fraction of sp³-hybridized carbons (Fsp3) is 0.762. The fourth-order valence-corrected chi connectivity index (χ4v) is 5.06. The second kappa shape index (κ2) is 42.9. The summed E-state index contributed by atoms with van der Waals surface area (Å²) in [6, 6.07) is 0. The van der Waals surface area contributed by atoms with Crippen LogP contribution in [0.4, 0.5) is 0 Å². The molecule has 0 radical (unpaired) electrons. The Bertz CT molecular complexity index is 836. The first-order valence-electron chi connectivity index (χ1n) is 19.9. The molecule has 0 aliphatic heterocycles. The zero-order valence-corrected chi connectivity index (χ0v) is 31.7. The van der Waals surface area contributed by atoms with Crippen molar-refractivity contribution in [2.75, 3.05) is 19.8 Å². The van der Waals surface area contributed by atoms with Gasteiger partial charge in [-0.2, -0.15) is 0 Å². The number of unbranched alkanes of at least 4 members (excludes halogenated alkanes) is 17. The number of aliphatic hydroxyl groups is 4. The van der Waals surface area contributed by atoms with Crippen LogP contribution in [-0.2, 0) is 14.3 Å². The average Bonchev–Trinajstić information content (AvgIpc) is 3.11. The van der Waals surface area contributed by atoms with E-state index in [-0.39, 0.29) is 25.8 Å². The molecule has 0 saturated carbocycles. The van der Waals surface area contributed by atoms with Gasteiger partial charge in [0.05, 0.1) is 19.3 Å². The smallest absolute Gasteiger partial charge is 0.305 e. The van der Waals surface area contributed by atoms with Crippen molar-refractivity contribution in [3.05, 3.63) is 48.6 Å². The molecule has 2 unspecified atom stereocenters. The molecule has 0 heterocycles. The van der Waals surface area contributed by atoms with E-state index in [2.05, 4.69) is 55.5 Å².